The molecule has 0 aromatic heterocycles. The largest absolute Gasteiger partial charge is 0.495 e. The molecule has 2 heteroatoms. The summed E-state index contributed by atoms with van der Waals surface area (Å²) < 4.78 is 5.43. The topological polar surface area (TPSA) is 21.3 Å². The van der Waals surface area contributed by atoms with E-state index in [9.17, 15) is 0 Å². The van der Waals surface area contributed by atoms with E-state index in [0.717, 1.165) is 23.9 Å². The maximum absolute atomic E-state index is 5.43. The van der Waals surface area contributed by atoms with E-state index >= 15 is 0 Å². The van der Waals surface area contributed by atoms with Gasteiger partial charge in [0.1, 0.15) is 5.75 Å². The number of methoxy groups -OCH3 is 1. The van der Waals surface area contributed by atoms with Crippen LogP contribution in [-0.4, -0.2) is 13.7 Å². The first kappa shape index (κ1) is 14.0. The smallest absolute Gasteiger partial charge is 0.142 e. The van der Waals surface area contributed by atoms with Crippen molar-refractivity contribution in [1.82, 2.24) is 0 Å². The number of allylic oxidation sites excluding steroid dienone is 2. The number of anilines is 1. The molecular weight excluding hydrogens is 234 g/mol. The molecule has 0 heterocycles. The van der Waals surface area contributed by atoms with Crippen molar-refractivity contribution < 1.29 is 4.74 Å². The van der Waals surface area contributed by atoms with Crippen LogP contribution >= 0.6 is 0 Å². The lowest BCUT2D eigenvalue weighted by molar-refractivity contribution is 0.410. The molecule has 1 N–H and O–H groups in total. The van der Waals surface area contributed by atoms with Crippen LogP contribution in [0.15, 0.2) is 29.8 Å². The summed E-state index contributed by atoms with van der Waals surface area (Å²) in [6.07, 6.45) is 4.90. The fourth-order valence-corrected chi connectivity index (χ4v) is 3.04. The number of benzene rings is 1. The monoisotopic (exact) mass is 259 g/mol. The Kier molecular flexibility index (Phi) is 4.52. The van der Waals surface area contributed by atoms with E-state index in [-0.39, 0.29) is 0 Å². The van der Waals surface area contributed by atoms with Gasteiger partial charge in [-0.25, -0.2) is 0 Å². The maximum Gasteiger partial charge on any atom is 0.142 e. The van der Waals surface area contributed by atoms with E-state index < -0.39 is 0 Å². The Balaban J connectivity index is 1.97. The van der Waals surface area contributed by atoms with Crippen molar-refractivity contribution in [3.05, 3.63) is 35.4 Å². The van der Waals surface area contributed by atoms with Gasteiger partial charge in [0.2, 0.25) is 0 Å². The number of ether oxygens (including phenoxy) is 1. The number of hydrogen-bond acceptors (Lipinski definition) is 2. The molecule has 1 aliphatic rings. The third kappa shape index (κ3) is 3.76. The minimum absolute atomic E-state index is 0.709. The van der Waals surface area contributed by atoms with Gasteiger partial charge < -0.3 is 10.1 Å². The third-order valence-electron chi connectivity index (χ3n) is 3.82. The molecule has 0 fully saturated rings. The first-order valence-electron chi connectivity index (χ1n) is 7.14. The van der Waals surface area contributed by atoms with Crippen LogP contribution in [0.4, 0.5) is 5.69 Å². The molecule has 1 aliphatic carbocycles. The van der Waals surface area contributed by atoms with Crippen molar-refractivity contribution in [2.45, 2.75) is 33.6 Å². The zero-order valence-corrected chi connectivity index (χ0v) is 12.5. The number of rotatable bonds is 4. The fraction of sp³-hybridized carbons (Fsp3) is 0.529. The second-order valence-electron chi connectivity index (χ2n) is 5.88. The lowest BCUT2D eigenvalue weighted by Gasteiger charge is -2.26. The normalized spacial score (nSPS) is 22.8. The van der Waals surface area contributed by atoms with E-state index in [1.807, 2.05) is 0 Å². The molecule has 0 saturated carbocycles. The first-order valence-corrected chi connectivity index (χ1v) is 7.14. The highest BCUT2D eigenvalue weighted by atomic mass is 16.5. The van der Waals surface area contributed by atoms with Crippen LogP contribution in [0.5, 0.6) is 5.75 Å². The van der Waals surface area contributed by atoms with Crippen LogP contribution in [0.1, 0.15) is 32.3 Å². The second-order valence-corrected chi connectivity index (χ2v) is 5.88. The Morgan fingerprint density at radius 3 is 2.79 bits per heavy atom. The summed E-state index contributed by atoms with van der Waals surface area (Å²) in [6.45, 7) is 7.66. The van der Waals surface area contributed by atoms with E-state index in [4.69, 9.17) is 4.74 Å². The van der Waals surface area contributed by atoms with E-state index in [1.54, 1.807) is 7.11 Å². The highest BCUT2D eigenvalue weighted by molar-refractivity contribution is 5.57. The summed E-state index contributed by atoms with van der Waals surface area (Å²) in [7, 11) is 1.73. The molecule has 2 nitrogen and oxygen atoms in total. The highest BCUT2D eigenvalue weighted by Crippen LogP contribution is 2.30. The van der Waals surface area contributed by atoms with Crippen molar-refractivity contribution in [2.75, 3.05) is 19.0 Å². The fourth-order valence-electron chi connectivity index (χ4n) is 3.04. The van der Waals surface area contributed by atoms with Crippen LogP contribution in [0.25, 0.3) is 0 Å². The minimum atomic E-state index is 0.709. The van der Waals surface area contributed by atoms with Crippen molar-refractivity contribution >= 4 is 5.69 Å². The summed E-state index contributed by atoms with van der Waals surface area (Å²) in [5.41, 5.74) is 3.86. The molecule has 104 valence electrons. The molecular formula is C17H25NO. The number of hydrogen-bond donors (Lipinski definition) is 1. The van der Waals surface area contributed by atoms with Gasteiger partial charge in [-0.15, -0.1) is 0 Å². The molecule has 0 amide bonds. The zero-order valence-electron chi connectivity index (χ0n) is 12.5. The van der Waals surface area contributed by atoms with Gasteiger partial charge in [-0.05, 0) is 56.2 Å². The third-order valence-corrected chi connectivity index (χ3v) is 3.82. The van der Waals surface area contributed by atoms with Crippen molar-refractivity contribution in [3.8, 4) is 5.75 Å². The van der Waals surface area contributed by atoms with Gasteiger partial charge in [0.25, 0.3) is 0 Å². The molecule has 2 atom stereocenters. The quantitative estimate of drug-likeness (QED) is 0.809. The summed E-state index contributed by atoms with van der Waals surface area (Å²) >= 11 is 0. The summed E-state index contributed by atoms with van der Waals surface area (Å²) in [6, 6.07) is 6.32. The van der Waals surface area contributed by atoms with Gasteiger partial charge in [0, 0.05) is 6.54 Å². The summed E-state index contributed by atoms with van der Waals surface area (Å²) in [5, 5.41) is 3.55. The summed E-state index contributed by atoms with van der Waals surface area (Å²) in [4.78, 5) is 0. The van der Waals surface area contributed by atoms with Crippen molar-refractivity contribution in [2.24, 2.45) is 11.8 Å². The Morgan fingerprint density at radius 1 is 1.32 bits per heavy atom. The van der Waals surface area contributed by atoms with Crippen LogP contribution in [0.2, 0.25) is 0 Å². The van der Waals surface area contributed by atoms with Crippen LogP contribution < -0.4 is 10.1 Å². The van der Waals surface area contributed by atoms with E-state index in [2.05, 4.69) is 50.4 Å². The lowest BCUT2D eigenvalue weighted by atomic mass is 9.84. The Hall–Kier alpha value is -1.44. The molecule has 0 bridgehead atoms. The second kappa shape index (κ2) is 6.14. The predicted octanol–water partition coefficient (Wildman–Crippen LogP) is 4.41. The summed E-state index contributed by atoms with van der Waals surface area (Å²) in [5.74, 6) is 2.38. The van der Waals surface area contributed by atoms with E-state index in [0.29, 0.717) is 5.92 Å². The lowest BCUT2D eigenvalue weighted by Crippen LogP contribution is -2.20. The van der Waals surface area contributed by atoms with Crippen LogP contribution in [0, 0.1) is 18.8 Å². The Morgan fingerprint density at radius 2 is 2.11 bits per heavy atom. The first-order chi connectivity index (χ1) is 9.08. The zero-order chi connectivity index (χ0) is 13.8. The van der Waals surface area contributed by atoms with Gasteiger partial charge in [-0.2, -0.15) is 0 Å². The number of nitrogens with one attached hydrogen (secondary N) is 1. The van der Waals surface area contributed by atoms with Crippen molar-refractivity contribution in [1.29, 1.82) is 0 Å². The van der Waals surface area contributed by atoms with Crippen LogP contribution in [0.3, 0.4) is 0 Å². The Labute approximate surface area is 116 Å². The van der Waals surface area contributed by atoms with Crippen molar-refractivity contribution in [3.63, 3.8) is 0 Å². The van der Waals surface area contributed by atoms with Gasteiger partial charge in [-0.1, -0.05) is 24.6 Å². The van der Waals surface area contributed by atoms with Crippen LogP contribution in [-0.2, 0) is 0 Å². The molecule has 0 spiro atoms. The minimum Gasteiger partial charge on any atom is -0.495 e. The number of aryl methyl sites for hydroxylation is 1. The molecule has 1 aromatic rings. The van der Waals surface area contributed by atoms with Gasteiger partial charge in [-0.3, -0.25) is 0 Å². The molecule has 19 heavy (non-hydrogen) atoms. The van der Waals surface area contributed by atoms with E-state index in [1.165, 1.54) is 24.0 Å². The van der Waals surface area contributed by atoms with Gasteiger partial charge in [0.05, 0.1) is 12.8 Å². The Bertz CT molecular complexity index is 464. The average Bonchev–Trinajstić information content (AvgIpc) is 2.36. The van der Waals surface area contributed by atoms with Gasteiger partial charge in [0.15, 0.2) is 0 Å². The molecule has 0 saturated heterocycles. The average molecular weight is 259 g/mol. The molecule has 1 aromatic carbocycles. The predicted molar refractivity (Wildman–Crippen MR) is 81.9 cm³/mol. The standard InChI is InChI=1S/C17H25NO/c1-12-5-6-16(17(10-12)19-4)18-11-15-8-13(2)7-14(3)9-15/h5-7,10,13,15,18H,8-9,11H2,1-4H3. The molecule has 2 rings (SSSR count). The molecule has 2 unspecified atom stereocenters. The highest BCUT2D eigenvalue weighted by Gasteiger charge is 2.18. The van der Waals surface area contributed by atoms with Gasteiger partial charge >= 0.3 is 0 Å². The maximum atomic E-state index is 5.43. The molecule has 0 radical (unpaired) electrons. The SMILES string of the molecule is COc1cc(C)ccc1NCC1CC(C)=CC(C)C1. The molecule has 0 aliphatic heterocycles.